The lowest BCUT2D eigenvalue weighted by molar-refractivity contribution is -0.199. The van der Waals surface area contributed by atoms with Gasteiger partial charge in [0.05, 0.1) is 36.9 Å². The van der Waals surface area contributed by atoms with Crippen molar-refractivity contribution in [2.45, 2.75) is 33.4 Å². The molecule has 0 amide bonds. The molecule has 1 atom stereocenters. The van der Waals surface area contributed by atoms with Crippen LogP contribution < -0.4 is 4.74 Å². The van der Waals surface area contributed by atoms with Crippen molar-refractivity contribution >= 4 is 12.8 Å². The van der Waals surface area contributed by atoms with E-state index in [0.717, 1.165) is 22.5 Å². The number of aryl methyl sites for hydroxylation is 2. The van der Waals surface area contributed by atoms with Gasteiger partial charge in [0, 0.05) is 19.5 Å². The van der Waals surface area contributed by atoms with Crippen molar-refractivity contribution in [3.63, 3.8) is 0 Å². The maximum absolute atomic E-state index is 15.0. The maximum atomic E-state index is 15.0. The van der Waals surface area contributed by atoms with Gasteiger partial charge in [-0.15, -0.1) is 5.16 Å². The number of ether oxygens (including phenoxy) is 2. The summed E-state index contributed by atoms with van der Waals surface area (Å²) in [6, 6.07) is 10.6. The highest BCUT2D eigenvalue weighted by atomic mass is 19.1. The van der Waals surface area contributed by atoms with Gasteiger partial charge in [-0.05, 0) is 49.2 Å². The Kier molecular flexibility index (Phi) is 9.43. The molecule has 4 rings (SSSR count). The van der Waals surface area contributed by atoms with Gasteiger partial charge >= 0.3 is 0 Å². The van der Waals surface area contributed by atoms with Gasteiger partial charge in [-0.1, -0.05) is 32.0 Å². The predicted molar refractivity (Wildman–Crippen MR) is 142 cm³/mol. The van der Waals surface area contributed by atoms with E-state index >= 15 is 0 Å². The molecule has 0 saturated carbocycles. The number of aromatic nitrogens is 2. The maximum Gasteiger partial charge on any atom is 0.243 e. The number of hydrogen-bond donors (Lipinski definition) is 1. The molecule has 37 heavy (non-hydrogen) atoms. The minimum atomic E-state index is -1.54. The summed E-state index contributed by atoms with van der Waals surface area (Å²) in [6.45, 7) is 11.6. The zero-order valence-electron chi connectivity index (χ0n) is 22.1. The third kappa shape index (κ3) is 6.00. The van der Waals surface area contributed by atoms with Crippen molar-refractivity contribution < 1.29 is 23.8 Å². The third-order valence-corrected chi connectivity index (χ3v) is 6.00. The van der Waals surface area contributed by atoms with Crippen molar-refractivity contribution in [1.82, 2.24) is 14.5 Å². The Labute approximate surface area is 217 Å². The van der Waals surface area contributed by atoms with Gasteiger partial charge in [0.1, 0.15) is 30.5 Å². The number of aliphatic hydroxyl groups excluding tert-OH is 1. The average Bonchev–Trinajstić information content (AvgIpc) is 3.35. The van der Waals surface area contributed by atoms with Gasteiger partial charge in [0.15, 0.2) is 0 Å². The molecule has 0 spiro atoms. The van der Waals surface area contributed by atoms with Crippen LogP contribution in [-0.4, -0.2) is 59.7 Å². The summed E-state index contributed by atoms with van der Waals surface area (Å²) in [4.78, 5) is 11.6. The number of aliphatic hydroxyl groups is 1. The molecule has 198 valence electrons. The lowest BCUT2D eigenvalue weighted by atomic mass is 9.98. The Bertz CT molecular complexity index is 1240. The molecule has 9 heteroatoms. The molecular weight excluding hydrogens is 475 g/mol. The smallest absolute Gasteiger partial charge is 0.243 e. The van der Waals surface area contributed by atoms with Crippen molar-refractivity contribution in [3.8, 4) is 11.4 Å². The van der Waals surface area contributed by atoms with Crippen LogP contribution in [0.3, 0.4) is 0 Å². The Morgan fingerprint density at radius 3 is 2.65 bits per heavy atom. The lowest BCUT2D eigenvalue weighted by Gasteiger charge is -2.42. The molecule has 1 saturated heterocycles. The Morgan fingerprint density at radius 2 is 2.03 bits per heavy atom. The molecule has 0 bridgehead atoms. The molecule has 1 aliphatic rings. The Balaban J connectivity index is 0.00000186. The van der Waals surface area contributed by atoms with Gasteiger partial charge in [-0.25, -0.2) is 14.3 Å². The average molecular weight is 511 g/mol. The number of morpholine rings is 1. The van der Waals surface area contributed by atoms with Crippen molar-refractivity contribution in [1.29, 1.82) is 0 Å². The fourth-order valence-corrected chi connectivity index (χ4v) is 4.27. The molecule has 1 aliphatic heterocycles. The predicted octanol–water partition coefficient (Wildman–Crippen LogP) is 4.81. The highest BCUT2D eigenvalue weighted by Gasteiger charge is 2.45. The van der Waals surface area contributed by atoms with Crippen molar-refractivity contribution in [3.05, 3.63) is 82.9 Å². The second-order valence-corrected chi connectivity index (χ2v) is 8.38. The van der Waals surface area contributed by atoms with Crippen molar-refractivity contribution in [2.24, 2.45) is 5.16 Å². The zero-order valence-corrected chi connectivity index (χ0v) is 22.1. The first-order valence-electron chi connectivity index (χ1n) is 12.2. The highest BCUT2D eigenvalue weighted by Crippen LogP contribution is 2.35. The summed E-state index contributed by atoms with van der Waals surface area (Å²) < 4.78 is 28.4. The summed E-state index contributed by atoms with van der Waals surface area (Å²) in [7, 11) is 1.61. The van der Waals surface area contributed by atoms with Gasteiger partial charge < -0.3 is 24.0 Å². The normalized spacial score (nSPS) is 16.2. The molecule has 1 fully saturated rings. The minimum absolute atomic E-state index is 0.181. The molecule has 8 nitrogen and oxygen atoms in total. The number of hydrogen-bond acceptors (Lipinski definition) is 7. The van der Waals surface area contributed by atoms with E-state index in [1.54, 1.807) is 37.4 Å². The number of rotatable bonds is 8. The van der Waals surface area contributed by atoms with Crippen molar-refractivity contribution in [2.75, 3.05) is 33.4 Å². The van der Waals surface area contributed by atoms with Crippen LogP contribution in [0.1, 0.15) is 36.2 Å². The monoisotopic (exact) mass is 510 g/mol. The van der Waals surface area contributed by atoms with Crippen LogP contribution >= 0.6 is 0 Å². The van der Waals surface area contributed by atoms with Crippen LogP contribution in [0.25, 0.3) is 11.8 Å². The molecule has 0 radical (unpaired) electrons. The number of methoxy groups -OCH3 is 1. The third-order valence-electron chi connectivity index (χ3n) is 6.00. The molecule has 0 aliphatic carbocycles. The van der Waals surface area contributed by atoms with Gasteiger partial charge in [-0.2, -0.15) is 0 Å². The standard InChI is InChI=1S/C26H29FN4O4.C2H6/c1-18-5-7-22(23(27)11-18)26(16-32,35-28-3)31-9-10-34-21(15-31)12-20-6-8-24(25(13-20)33-4)30-14-19(2)29-17-30;1-2/h5-8,11-14,17,32H,3,9-10,15-16H2,1-2,4H3;1-2H3/b21-12-;. The number of benzene rings is 2. The van der Waals surface area contributed by atoms with Crippen LogP contribution in [-0.2, 0) is 15.3 Å². The van der Waals surface area contributed by atoms with E-state index in [1.165, 1.54) is 6.07 Å². The fourth-order valence-electron chi connectivity index (χ4n) is 4.27. The molecular formula is C28H35FN4O4. The zero-order chi connectivity index (χ0) is 27.0. The molecule has 1 N–H and O–H groups in total. The summed E-state index contributed by atoms with van der Waals surface area (Å²) in [5.74, 6) is 0.812. The molecule has 1 aromatic heterocycles. The number of nitrogens with zero attached hydrogens (tertiary/aromatic N) is 4. The molecule has 2 heterocycles. The van der Waals surface area contributed by atoms with Crippen LogP contribution in [0.5, 0.6) is 5.75 Å². The molecule has 3 aromatic rings. The SMILES string of the molecule is C=NOC(CO)(c1ccc(C)cc1F)N1CCO/C(=C\c2ccc(-n3cnc(C)c3)c(OC)c2)C1.CC. The van der Waals surface area contributed by atoms with E-state index in [-0.39, 0.29) is 12.1 Å². The Morgan fingerprint density at radius 1 is 1.24 bits per heavy atom. The topological polar surface area (TPSA) is 81.3 Å². The quantitative estimate of drug-likeness (QED) is 0.346. The second-order valence-electron chi connectivity index (χ2n) is 8.38. The first-order chi connectivity index (χ1) is 17.9. The summed E-state index contributed by atoms with van der Waals surface area (Å²) >= 11 is 0. The molecule has 2 aromatic carbocycles. The second kappa shape index (κ2) is 12.5. The minimum Gasteiger partial charge on any atom is -0.495 e. The van der Waals surface area contributed by atoms with E-state index in [0.29, 0.717) is 24.7 Å². The van der Waals surface area contributed by atoms with E-state index < -0.39 is 18.1 Å². The van der Waals surface area contributed by atoms with E-state index in [1.807, 2.05) is 55.8 Å². The van der Waals surface area contributed by atoms with Crippen LogP contribution in [0.4, 0.5) is 4.39 Å². The van der Waals surface area contributed by atoms with Gasteiger partial charge in [-0.3, -0.25) is 0 Å². The van der Waals surface area contributed by atoms with Gasteiger partial charge in [0.25, 0.3) is 0 Å². The summed E-state index contributed by atoms with van der Waals surface area (Å²) in [5.41, 5.74) is 2.03. The summed E-state index contributed by atoms with van der Waals surface area (Å²) in [5, 5.41) is 14.0. The van der Waals surface area contributed by atoms with E-state index in [9.17, 15) is 9.50 Å². The number of imidazole rings is 1. The lowest BCUT2D eigenvalue weighted by Crippen LogP contribution is -2.54. The molecule has 1 unspecified atom stereocenters. The van der Waals surface area contributed by atoms with E-state index in [4.69, 9.17) is 14.3 Å². The first kappa shape index (κ1) is 27.9. The van der Waals surface area contributed by atoms with E-state index in [2.05, 4.69) is 16.9 Å². The Hall–Kier alpha value is -3.69. The number of halogens is 1. The highest BCUT2D eigenvalue weighted by molar-refractivity contribution is 5.59. The van der Waals surface area contributed by atoms with Crippen LogP contribution in [0.15, 0.2) is 59.8 Å². The largest absolute Gasteiger partial charge is 0.495 e. The van der Waals surface area contributed by atoms with Crippen LogP contribution in [0.2, 0.25) is 0 Å². The first-order valence-corrected chi connectivity index (χ1v) is 12.2. The number of oxime groups is 1. The van der Waals surface area contributed by atoms with Gasteiger partial charge in [0.2, 0.25) is 5.72 Å². The fraction of sp³-hybridized carbons (Fsp3) is 0.357. The summed E-state index contributed by atoms with van der Waals surface area (Å²) in [6.07, 6.45) is 5.54. The van der Waals surface area contributed by atoms with Crippen LogP contribution in [0, 0.1) is 19.7 Å².